The summed E-state index contributed by atoms with van der Waals surface area (Å²) in [6.07, 6.45) is 3.70. The van der Waals surface area contributed by atoms with E-state index < -0.39 is 0 Å². The van der Waals surface area contributed by atoms with Gasteiger partial charge in [0, 0.05) is 44.9 Å². The average molecular weight is 316 g/mol. The number of rotatable bonds is 5. The Morgan fingerprint density at radius 3 is 2.57 bits per heavy atom. The minimum atomic E-state index is 0.650. The van der Waals surface area contributed by atoms with Crippen LogP contribution in [0.3, 0.4) is 0 Å². The summed E-state index contributed by atoms with van der Waals surface area (Å²) in [6, 6.07) is 12.4. The smallest absolute Gasteiger partial charge is 0.0480 e. The lowest BCUT2D eigenvalue weighted by molar-refractivity contribution is -0.00189. The number of hydrogen-bond donors (Lipinski definition) is 0. The van der Waals surface area contributed by atoms with Gasteiger partial charge >= 0.3 is 0 Å². The van der Waals surface area contributed by atoms with E-state index in [0.29, 0.717) is 12.0 Å². The van der Waals surface area contributed by atoms with Crippen LogP contribution in [-0.2, 0) is 4.74 Å². The lowest BCUT2D eigenvalue weighted by Gasteiger charge is -2.44. The molecule has 0 aliphatic carbocycles. The Hall–Kier alpha value is -0.900. The third-order valence-corrected chi connectivity index (χ3v) is 5.72. The molecule has 0 bridgehead atoms. The van der Waals surface area contributed by atoms with Gasteiger partial charge in [0.05, 0.1) is 0 Å². The molecule has 2 heterocycles. The normalized spacial score (nSPS) is 26.3. The zero-order valence-corrected chi connectivity index (χ0v) is 14.8. The van der Waals surface area contributed by atoms with Gasteiger partial charge in [-0.05, 0) is 44.2 Å². The summed E-state index contributed by atoms with van der Waals surface area (Å²) in [5.74, 6) is 0.650. The number of piperazine rings is 1. The predicted molar refractivity (Wildman–Crippen MR) is 95.9 cm³/mol. The SMILES string of the molecule is C[C@H](CCN1CCN(C2CCOCC2)C[C@@H]1C)c1ccccc1. The highest BCUT2D eigenvalue weighted by molar-refractivity contribution is 5.18. The maximum absolute atomic E-state index is 5.51. The zero-order valence-electron chi connectivity index (χ0n) is 14.8. The highest BCUT2D eigenvalue weighted by Crippen LogP contribution is 2.22. The molecule has 2 atom stereocenters. The Morgan fingerprint density at radius 2 is 1.87 bits per heavy atom. The molecule has 0 unspecified atom stereocenters. The fourth-order valence-corrected chi connectivity index (χ4v) is 4.05. The third-order valence-electron chi connectivity index (χ3n) is 5.72. The molecule has 3 nitrogen and oxygen atoms in total. The van der Waals surface area contributed by atoms with Gasteiger partial charge in [-0.15, -0.1) is 0 Å². The predicted octanol–water partition coefficient (Wildman–Crippen LogP) is 3.37. The van der Waals surface area contributed by atoms with E-state index in [1.165, 1.54) is 51.0 Å². The fourth-order valence-electron chi connectivity index (χ4n) is 4.05. The Kier molecular flexibility index (Phi) is 6.09. The van der Waals surface area contributed by atoms with E-state index in [-0.39, 0.29) is 0 Å². The second kappa shape index (κ2) is 8.27. The topological polar surface area (TPSA) is 15.7 Å². The molecular formula is C20H32N2O. The second-order valence-electron chi connectivity index (χ2n) is 7.32. The first-order chi connectivity index (χ1) is 11.2. The van der Waals surface area contributed by atoms with E-state index >= 15 is 0 Å². The standard InChI is InChI=1S/C20H32N2O/c1-17(19-6-4-3-5-7-19)8-11-21-12-13-22(16-18(21)2)20-9-14-23-15-10-20/h3-7,17-18,20H,8-16H2,1-2H3/t17-,18+/m1/s1. The average Bonchev–Trinajstić information content (AvgIpc) is 2.62. The number of hydrogen-bond acceptors (Lipinski definition) is 3. The minimum Gasteiger partial charge on any atom is -0.381 e. The lowest BCUT2D eigenvalue weighted by atomic mass is 9.97. The Morgan fingerprint density at radius 1 is 1.13 bits per heavy atom. The monoisotopic (exact) mass is 316 g/mol. The summed E-state index contributed by atoms with van der Waals surface area (Å²) in [5, 5.41) is 0. The van der Waals surface area contributed by atoms with Crippen molar-refractivity contribution in [3.63, 3.8) is 0 Å². The van der Waals surface area contributed by atoms with Crippen molar-refractivity contribution in [3.8, 4) is 0 Å². The largest absolute Gasteiger partial charge is 0.381 e. The highest BCUT2D eigenvalue weighted by Gasteiger charge is 2.29. The van der Waals surface area contributed by atoms with E-state index in [9.17, 15) is 0 Å². The molecule has 0 N–H and O–H groups in total. The quantitative estimate of drug-likeness (QED) is 0.828. The molecular weight excluding hydrogens is 284 g/mol. The first kappa shape index (κ1) is 16.9. The molecule has 0 aromatic heterocycles. The second-order valence-corrected chi connectivity index (χ2v) is 7.32. The first-order valence-electron chi connectivity index (χ1n) is 9.35. The van der Waals surface area contributed by atoms with Crippen molar-refractivity contribution in [2.45, 2.75) is 51.1 Å². The van der Waals surface area contributed by atoms with Crippen molar-refractivity contribution in [3.05, 3.63) is 35.9 Å². The summed E-state index contributed by atoms with van der Waals surface area (Å²) in [5.41, 5.74) is 1.47. The maximum atomic E-state index is 5.51. The van der Waals surface area contributed by atoms with Crippen LogP contribution in [0.4, 0.5) is 0 Å². The summed E-state index contributed by atoms with van der Waals surface area (Å²) in [4.78, 5) is 5.40. The summed E-state index contributed by atoms with van der Waals surface area (Å²) < 4.78 is 5.51. The molecule has 1 aromatic rings. The van der Waals surface area contributed by atoms with Crippen molar-refractivity contribution >= 4 is 0 Å². The number of nitrogens with zero attached hydrogens (tertiary/aromatic N) is 2. The molecule has 0 radical (unpaired) electrons. The third kappa shape index (κ3) is 4.56. The van der Waals surface area contributed by atoms with Crippen LogP contribution >= 0.6 is 0 Å². The highest BCUT2D eigenvalue weighted by atomic mass is 16.5. The van der Waals surface area contributed by atoms with Gasteiger partial charge in [0.1, 0.15) is 0 Å². The van der Waals surface area contributed by atoms with Crippen LogP contribution in [0.1, 0.15) is 44.6 Å². The molecule has 23 heavy (non-hydrogen) atoms. The summed E-state index contributed by atoms with van der Waals surface area (Å²) >= 11 is 0. The van der Waals surface area contributed by atoms with E-state index in [1.54, 1.807) is 0 Å². The van der Waals surface area contributed by atoms with Crippen LogP contribution in [0, 0.1) is 0 Å². The molecule has 2 aliphatic heterocycles. The van der Waals surface area contributed by atoms with E-state index in [2.05, 4.69) is 54.0 Å². The molecule has 2 fully saturated rings. The van der Waals surface area contributed by atoms with E-state index in [0.717, 1.165) is 19.3 Å². The molecule has 2 saturated heterocycles. The number of ether oxygens (including phenoxy) is 1. The molecule has 0 spiro atoms. The van der Waals surface area contributed by atoms with Crippen LogP contribution in [-0.4, -0.2) is 61.3 Å². The number of benzene rings is 1. The molecule has 1 aromatic carbocycles. The lowest BCUT2D eigenvalue weighted by Crippen LogP contribution is -2.55. The van der Waals surface area contributed by atoms with Gasteiger partial charge < -0.3 is 4.74 Å². The minimum absolute atomic E-state index is 0.650. The van der Waals surface area contributed by atoms with Crippen LogP contribution in [0.2, 0.25) is 0 Å². The molecule has 128 valence electrons. The van der Waals surface area contributed by atoms with Crippen molar-refractivity contribution in [2.24, 2.45) is 0 Å². The van der Waals surface area contributed by atoms with Gasteiger partial charge in [-0.1, -0.05) is 37.3 Å². The van der Waals surface area contributed by atoms with Crippen LogP contribution in [0.25, 0.3) is 0 Å². The van der Waals surface area contributed by atoms with Crippen LogP contribution in [0.5, 0.6) is 0 Å². The Balaban J connectivity index is 1.45. The van der Waals surface area contributed by atoms with Crippen molar-refractivity contribution < 1.29 is 4.74 Å². The van der Waals surface area contributed by atoms with Gasteiger partial charge in [-0.3, -0.25) is 9.80 Å². The molecule has 0 amide bonds. The van der Waals surface area contributed by atoms with Gasteiger partial charge in [0.2, 0.25) is 0 Å². The van der Waals surface area contributed by atoms with Crippen LogP contribution < -0.4 is 0 Å². The summed E-state index contributed by atoms with van der Waals surface area (Å²) in [7, 11) is 0. The van der Waals surface area contributed by atoms with Gasteiger partial charge in [0.15, 0.2) is 0 Å². The van der Waals surface area contributed by atoms with Crippen molar-refractivity contribution in [1.82, 2.24) is 9.80 Å². The van der Waals surface area contributed by atoms with Gasteiger partial charge in [0.25, 0.3) is 0 Å². The summed E-state index contributed by atoms with van der Waals surface area (Å²) in [6.45, 7) is 11.6. The first-order valence-corrected chi connectivity index (χ1v) is 9.35. The fraction of sp³-hybridized carbons (Fsp3) is 0.700. The maximum Gasteiger partial charge on any atom is 0.0480 e. The van der Waals surface area contributed by atoms with Crippen molar-refractivity contribution in [2.75, 3.05) is 39.4 Å². The Bertz CT molecular complexity index is 458. The zero-order chi connectivity index (χ0) is 16.1. The van der Waals surface area contributed by atoms with Gasteiger partial charge in [-0.25, -0.2) is 0 Å². The van der Waals surface area contributed by atoms with E-state index in [4.69, 9.17) is 4.74 Å². The molecule has 2 aliphatic rings. The molecule has 0 saturated carbocycles. The molecule has 3 rings (SSSR count). The molecule has 3 heteroatoms. The Labute approximate surface area is 141 Å². The van der Waals surface area contributed by atoms with Gasteiger partial charge in [-0.2, -0.15) is 0 Å². The van der Waals surface area contributed by atoms with E-state index in [1.807, 2.05) is 0 Å². The van der Waals surface area contributed by atoms with Crippen molar-refractivity contribution in [1.29, 1.82) is 0 Å². The van der Waals surface area contributed by atoms with Crippen LogP contribution in [0.15, 0.2) is 30.3 Å².